The predicted octanol–water partition coefficient (Wildman–Crippen LogP) is 1.58. The molecule has 1 heterocycles. The highest BCUT2D eigenvalue weighted by atomic mass is 35.5. The fraction of sp³-hybridized carbons (Fsp3) is 0. The van der Waals surface area contributed by atoms with Crippen LogP contribution in [0.2, 0.25) is 5.02 Å². The third-order valence-corrected chi connectivity index (χ3v) is 1.80. The number of hydrogen-bond donors (Lipinski definition) is 1. The highest BCUT2D eigenvalue weighted by molar-refractivity contribution is 6.31. The van der Waals surface area contributed by atoms with Gasteiger partial charge < -0.3 is 0 Å². The van der Waals surface area contributed by atoms with E-state index >= 15 is 0 Å². The summed E-state index contributed by atoms with van der Waals surface area (Å²) in [7, 11) is 0. The molecule has 0 saturated carbocycles. The maximum absolute atomic E-state index is 10.8. The second-order valence-electron chi connectivity index (χ2n) is 2.44. The first-order valence-corrected chi connectivity index (χ1v) is 3.78. The molecule has 0 unspecified atom stereocenters. The van der Waals surface area contributed by atoms with Crippen LogP contribution >= 0.6 is 11.6 Å². The fourth-order valence-corrected chi connectivity index (χ4v) is 1.21. The van der Waals surface area contributed by atoms with E-state index in [2.05, 4.69) is 10.2 Å². The van der Waals surface area contributed by atoms with E-state index in [1.165, 1.54) is 6.07 Å². The van der Waals surface area contributed by atoms with Gasteiger partial charge in [-0.25, -0.2) is 5.10 Å². The standard InChI is InChI=1S/C8H5ClN2O/c9-6-1-2-7-5(3-6)4-8(12)11-10-7/h1-4H,(H,11,12). The van der Waals surface area contributed by atoms with Gasteiger partial charge in [0.05, 0.1) is 5.52 Å². The van der Waals surface area contributed by atoms with Crippen LogP contribution in [0.3, 0.4) is 0 Å². The number of halogens is 1. The van der Waals surface area contributed by atoms with Crippen molar-refractivity contribution in [3.63, 3.8) is 0 Å². The molecule has 1 aromatic carbocycles. The molecular weight excluding hydrogens is 176 g/mol. The van der Waals surface area contributed by atoms with Crippen molar-refractivity contribution in [2.24, 2.45) is 0 Å². The number of nitrogens with zero attached hydrogens (tertiary/aromatic N) is 1. The molecule has 0 aliphatic carbocycles. The maximum atomic E-state index is 10.8. The van der Waals surface area contributed by atoms with Gasteiger partial charge in [0.2, 0.25) is 0 Å². The van der Waals surface area contributed by atoms with E-state index in [9.17, 15) is 4.79 Å². The SMILES string of the molecule is O=c1cc2cc(Cl)ccc2n[nH]1. The Kier molecular flexibility index (Phi) is 1.59. The lowest BCUT2D eigenvalue weighted by Gasteiger charge is -1.94. The molecule has 4 heteroatoms. The first-order valence-electron chi connectivity index (χ1n) is 3.41. The van der Waals surface area contributed by atoms with Crippen molar-refractivity contribution < 1.29 is 0 Å². The van der Waals surface area contributed by atoms with E-state index in [1.54, 1.807) is 18.2 Å². The summed E-state index contributed by atoms with van der Waals surface area (Å²) in [5, 5.41) is 7.53. The predicted molar refractivity (Wildman–Crippen MR) is 47.4 cm³/mol. The number of rotatable bonds is 0. The van der Waals surface area contributed by atoms with Gasteiger partial charge in [-0.15, -0.1) is 0 Å². The maximum Gasteiger partial charge on any atom is 0.264 e. The summed E-state index contributed by atoms with van der Waals surface area (Å²) < 4.78 is 0. The molecule has 12 heavy (non-hydrogen) atoms. The first-order chi connectivity index (χ1) is 5.75. The minimum Gasteiger partial charge on any atom is -0.268 e. The quantitative estimate of drug-likeness (QED) is 0.669. The van der Waals surface area contributed by atoms with Crippen LogP contribution in [0, 0.1) is 0 Å². The van der Waals surface area contributed by atoms with Crippen molar-refractivity contribution in [3.05, 3.63) is 39.6 Å². The molecule has 0 radical (unpaired) electrons. The Morgan fingerprint density at radius 2 is 2.17 bits per heavy atom. The lowest BCUT2D eigenvalue weighted by Crippen LogP contribution is -2.04. The normalized spacial score (nSPS) is 10.4. The van der Waals surface area contributed by atoms with Crippen molar-refractivity contribution >= 4 is 22.5 Å². The van der Waals surface area contributed by atoms with E-state index in [0.29, 0.717) is 5.02 Å². The van der Waals surface area contributed by atoms with Gasteiger partial charge in [0.25, 0.3) is 5.56 Å². The molecule has 0 saturated heterocycles. The molecule has 0 aliphatic rings. The number of aromatic nitrogens is 2. The average molecular weight is 181 g/mol. The Balaban J connectivity index is 2.89. The van der Waals surface area contributed by atoms with Gasteiger partial charge in [-0.2, -0.15) is 5.10 Å². The zero-order valence-corrected chi connectivity index (χ0v) is 6.80. The van der Waals surface area contributed by atoms with E-state index in [0.717, 1.165) is 10.9 Å². The van der Waals surface area contributed by atoms with Gasteiger partial charge in [-0.3, -0.25) is 4.79 Å². The molecule has 0 atom stereocenters. The molecule has 0 bridgehead atoms. The second kappa shape index (κ2) is 2.60. The Morgan fingerprint density at radius 3 is 3.00 bits per heavy atom. The second-order valence-corrected chi connectivity index (χ2v) is 2.87. The molecule has 2 rings (SSSR count). The summed E-state index contributed by atoms with van der Waals surface area (Å²) in [4.78, 5) is 10.8. The molecule has 60 valence electrons. The van der Waals surface area contributed by atoms with Crippen LogP contribution in [0.25, 0.3) is 10.9 Å². The number of benzene rings is 1. The first kappa shape index (κ1) is 7.31. The molecule has 0 aliphatic heterocycles. The highest BCUT2D eigenvalue weighted by Crippen LogP contribution is 2.14. The van der Waals surface area contributed by atoms with Crippen LogP contribution in [0.4, 0.5) is 0 Å². The van der Waals surface area contributed by atoms with Crippen LogP contribution in [-0.2, 0) is 0 Å². The Hall–Kier alpha value is -1.35. The topological polar surface area (TPSA) is 45.8 Å². The largest absolute Gasteiger partial charge is 0.268 e. The van der Waals surface area contributed by atoms with Gasteiger partial charge in [-0.05, 0) is 18.2 Å². The van der Waals surface area contributed by atoms with E-state index in [1.807, 2.05) is 0 Å². The lowest BCUT2D eigenvalue weighted by molar-refractivity contribution is 1.03. The summed E-state index contributed by atoms with van der Waals surface area (Å²) in [6, 6.07) is 6.66. The summed E-state index contributed by atoms with van der Waals surface area (Å²) in [5.41, 5.74) is 0.517. The van der Waals surface area contributed by atoms with Crippen LogP contribution in [0.5, 0.6) is 0 Å². The number of fused-ring (bicyclic) bond motifs is 1. The molecule has 0 fully saturated rings. The Bertz CT molecular complexity index is 478. The Labute approximate surface area is 73.0 Å². The summed E-state index contributed by atoms with van der Waals surface area (Å²) in [5.74, 6) is 0. The van der Waals surface area contributed by atoms with Crippen molar-refractivity contribution in [3.8, 4) is 0 Å². The molecule has 0 amide bonds. The van der Waals surface area contributed by atoms with Gasteiger partial charge in [0, 0.05) is 16.5 Å². The number of aromatic amines is 1. The fourth-order valence-electron chi connectivity index (χ4n) is 1.03. The van der Waals surface area contributed by atoms with Gasteiger partial charge in [0.15, 0.2) is 0 Å². The van der Waals surface area contributed by atoms with Crippen LogP contribution < -0.4 is 5.56 Å². The Morgan fingerprint density at radius 1 is 1.33 bits per heavy atom. The number of hydrogen-bond acceptors (Lipinski definition) is 2. The van der Waals surface area contributed by atoms with Gasteiger partial charge in [0.1, 0.15) is 0 Å². The molecular formula is C8H5ClN2O. The monoisotopic (exact) mass is 180 g/mol. The van der Waals surface area contributed by atoms with Gasteiger partial charge >= 0.3 is 0 Å². The zero-order chi connectivity index (χ0) is 8.55. The van der Waals surface area contributed by atoms with E-state index < -0.39 is 0 Å². The minimum atomic E-state index is -0.218. The molecule has 0 spiro atoms. The zero-order valence-electron chi connectivity index (χ0n) is 6.04. The highest BCUT2D eigenvalue weighted by Gasteiger charge is 1.95. The van der Waals surface area contributed by atoms with Crippen LogP contribution in [0.15, 0.2) is 29.1 Å². The third kappa shape index (κ3) is 1.19. The molecule has 1 N–H and O–H groups in total. The summed E-state index contributed by atoms with van der Waals surface area (Å²) in [6.45, 7) is 0. The van der Waals surface area contributed by atoms with Crippen LogP contribution in [0.1, 0.15) is 0 Å². The summed E-state index contributed by atoms with van der Waals surface area (Å²) >= 11 is 5.73. The number of H-pyrrole nitrogens is 1. The minimum absolute atomic E-state index is 0.218. The van der Waals surface area contributed by atoms with Crippen molar-refractivity contribution in [1.82, 2.24) is 10.2 Å². The molecule has 2 aromatic rings. The smallest absolute Gasteiger partial charge is 0.264 e. The van der Waals surface area contributed by atoms with Crippen molar-refractivity contribution in [1.29, 1.82) is 0 Å². The third-order valence-electron chi connectivity index (χ3n) is 1.56. The number of nitrogens with one attached hydrogen (secondary N) is 1. The summed E-state index contributed by atoms with van der Waals surface area (Å²) in [6.07, 6.45) is 0. The van der Waals surface area contributed by atoms with Crippen molar-refractivity contribution in [2.75, 3.05) is 0 Å². The van der Waals surface area contributed by atoms with Crippen molar-refractivity contribution in [2.45, 2.75) is 0 Å². The molecule has 3 nitrogen and oxygen atoms in total. The average Bonchev–Trinajstić information content (AvgIpc) is 2.03. The lowest BCUT2D eigenvalue weighted by atomic mass is 10.2. The molecule has 1 aromatic heterocycles. The van der Waals surface area contributed by atoms with E-state index in [-0.39, 0.29) is 5.56 Å². The van der Waals surface area contributed by atoms with E-state index in [4.69, 9.17) is 11.6 Å². The van der Waals surface area contributed by atoms with Crippen LogP contribution in [-0.4, -0.2) is 10.2 Å². The van der Waals surface area contributed by atoms with Gasteiger partial charge in [-0.1, -0.05) is 11.6 Å².